The molecule has 2 unspecified atom stereocenters. The minimum Gasteiger partial charge on any atom is -0.493 e. The number of hydrogen-bond acceptors (Lipinski definition) is 6. The van der Waals surface area contributed by atoms with E-state index in [4.69, 9.17) is 14.2 Å². The van der Waals surface area contributed by atoms with E-state index in [-0.39, 0.29) is 23.8 Å². The first-order valence-corrected chi connectivity index (χ1v) is 10.8. The molecule has 0 saturated carbocycles. The maximum atomic E-state index is 13.3. The molecule has 2 heterocycles. The molecule has 4 rings (SSSR count). The summed E-state index contributed by atoms with van der Waals surface area (Å²) in [6, 6.07) is 9.89. The standard InChI is InChI=1S/C21H25NO6S.CH4/c1-6-16-13-7-9-15(10-8-13)29(24,25)21(16)22(2)20(23)14-11-17(26-3)19(28-5)18(12-14)27-4;/h7-12,16,21H,6H2,1-5H3;1H4. The largest absolute Gasteiger partial charge is 0.493 e. The Hall–Kier alpha value is -2.74. The Morgan fingerprint density at radius 2 is 1.53 bits per heavy atom. The average Bonchev–Trinajstić information content (AvgIpc) is 2.91. The number of sulfone groups is 1. The van der Waals surface area contributed by atoms with Gasteiger partial charge in [-0.15, -0.1) is 0 Å². The van der Waals surface area contributed by atoms with Crippen LogP contribution in [-0.2, 0) is 9.84 Å². The molecule has 0 aliphatic carbocycles. The van der Waals surface area contributed by atoms with Gasteiger partial charge in [-0.25, -0.2) is 8.42 Å². The van der Waals surface area contributed by atoms with Gasteiger partial charge < -0.3 is 19.1 Å². The van der Waals surface area contributed by atoms with Gasteiger partial charge >= 0.3 is 0 Å². The van der Waals surface area contributed by atoms with Crippen molar-refractivity contribution in [2.75, 3.05) is 28.4 Å². The maximum absolute atomic E-state index is 13.3. The molecule has 7 nitrogen and oxygen atoms in total. The van der Waals surface area contributed by atoms with Gasteiger partial charge in [-0.1, -0.05) is 26.5 Å². The Morgan fingerprint density at radius 3 is 1.97 bits per heavy atom. The molecule has 2 aliphatic rings. The van der Waals surface area contributed by atoms with Crippen LogP contribution in [0.15, 0.2) is 41.3 Å². The van der Waals surface area contributed by atoms with Crippen LogP contribution >= 0.6 is 0 Å². The molecular weight excluding hydrogens is 406 g/mol. The highest BCUT2D eigenvalue weighted by Crippen LogP contribution is 2.40. The van der Waals surface area contributed by atoms with Crippen molar-refractivity contribution in [3.63, 3.8) is 0 Å². The van der Waals surface area contributed by atoms with E-state index in [9.17, 15) is 13.2 Å². The van der Waals surface area contributed by atoms with Crippen molar-refractivity contribution < 1.29 is 27.4 Å². The Morgan fingerprint density at radius 1 is 1.00 bits per heavy atom. The molecule has 0 fully saturated rings. The number of fused-ring (bicyclic) bond motifs is 4. The Labute approximate surface area is 178 Å². The number of nitrogens with zero attached hydrogens (tertiary/aromatic N) is 1. The summed E-state index contributed by atoms with van der Waals surface area (Å²) in [7, 11) is 2.18. The first-order valence-electron chi connectivity index (χ1n) is 9.21. The zero-order valence-electron chi connectivity index (χ0n) is 17.1. The fraction of sp³-hybridized carbons (Fsp3) is 0.409. The van der Waals surface area contributed by atoms with Crippen LogP contribution in [0.5, 0.6) is 17.2 Å². The van der Waals surface area contributed by atoms with Crippen molar-refractivity contribution in [3.8, 4) is 17.2 Å². The molecule has 0 N–H and O–H groups in total. The second-order valence-electron chi connectivity index (χ2n) is 6.85. The van der Waals surface area contributed by atoms with Gasteiger partial charge in [0.15, 0.2) is 21.3 Å². The second kappa shape index (κ2) is 8.95. The van der Waals surface area contributed by atoms with E-state index in [1.54, 1.807) is 12.1 Å². The van der Waals surface area contributed by atoms with E-state index >= 15 is 0 Å². The lowest BCUT2D eigenvalue weighted by Crippen LogP contribution is -2.45. The molecule has 2 aromatic rings. The lowest BCUT2D eigenvalue weighted by Gasteiger charge is -2.32. The molecule has 8 heteroatoms. The Balaban J connectivity index is 0.00000320. The number of ether oxygens (including phenoxy) is 3. The highest BCUT2D eigenvalue weighted by Gasteiger charge is 2.42. The number of benzene rings is 2. The van der Waals surface area contributed by atoms with Crippen molar-refractivity contribution in [2.45, 2.75) is 37.0 Å². The van der Waals surface area contributed by atoms with E-state index in [0.717, 1.165) is 5.56 Å². The summed E-state index contributed by atoms with van der Waals surface area (Å²) in [5, 5.41) is -1.01. The molecule has 164 valence electrons. The van der Waals surface area contributed by atoms with Crippen LogP contribution in [0, 0.1) is 0 Å². The summed E-state index contributed by atoms with van der Waals surface area (Å²) in [6.45, 7) is 1.92. The van der Waals surface area contributed by atoms with E-state index in [1.165, 1.54) is 45.4 Å². The van der Waals surface area contributed by atoms with Crippen molar-refractivity contribution >= 4 is 15.7 Å². The third-order valence-electron chi connectivity index (χ3n) is 5.35. The van der Waals surface area contributed by atoms with Gasteiger partial charge in [0.1, 0.15) is 5.37 Å². The third-order valence-corrected chi connectivity index (χ3v) is 7.56. The highest BCUT2D eigenvalue weighted by molar-refractivity contribution is 7.92. The van der Waals surface area contributed by atoms with Gasteiger partial charge in [-0.05, 0) is 36.2 Å². The van der Waals surface area contributed by atoms with Crippen LogP contribution in [-0.4, -0.2) is 53.0 Å². The lowest BCUT2D eigenvalue weighted by molar-refractivity contribution is 0.0759. The minimum absolute atomic E-state index is 0. The van der Waals surface area contributed by atoms with Gasteiger partial charge in [-0.3, -0.25) is 4.79 Å². The molecule has 2 aliphatic heterocycles. The van der Waals surface area contributed by atoms with Crippen LogP contribution in [0.1, 0.15) is 42.6 Å². The summed E-state index contributed by atoms with van der Waals surface area (Å²) in [5.41, 5.74) is 1.14. The number of carbonyl (C=O) groups is 1. The fourth-order valence-electron chi connectivity index (χ4n) is 3.86. The summed E-state index contributed by atoms with van der Waals surface area (Å²) >= 11 is 0. The minimum atomic E-state index is -3.73. The first-order chi connectivity index (χ1) is 13.8. The lowest BCUT2D eigenvalue weighted by atomic mass is 9.95. The predicted molar refractivity (Wildman–Crippen MR) is 115 cm³/mol. The average molecular weight is 436 g/mol. The van der Waals surface area contributed by atoms with Crippen molar-refractivity contribution in [1.29, 1.82) is 0 Å². The number of methoxy groups -OCH3 is 3. The van der Waals surface area contributed by atoms with Crippen molar-refractivity contribution in [1.82, 2.24) is 4.90 Å². The van der Waals surface area contributed by atoms with E-state index < -0.39 is 21.1 Å². The Bertz CT molecular complexity index is 991. The fourth-order valence-corrected chi connectivity index (χ4v) is 5.95. The first kappa shape index (κ1) is 23.5. The van der Waals surface area contributed by atoms with Crippen molar-refractivity contribution in [2.24, 2.45) is 0 Å². The molecule has 1 amide bonds. The molecule has 0 radical (unpaired) electrons. The topological polar surface area (TPSA) is 82.1 Å². The molecule has 0 aromatic heterocycles. The van der Waals surface area contributed by atoms with Crippen LogP contribution in [0.2, 0.25) is 0 Å². The molecular formula is C22H29NO6S. The molecule has 0 saturated heterocycles. The number of amides is 1. The monoisotopic (exact) mass is 435 g/mol. The van der Waals surface area contributed by atoms with Gasteiger partial charge in [-0.2, -0.15) is 0 Å². The predicted octanol–water partition coefficient (Wildman–Crippen LogP) is 3.73. The summed E-state index contributed by atoms with van der Waals surface area (Å²) in [5.74, 6) is 0.237. The summed E-state index contributed by atoms with van der Waals surface area (Å²) < 4.78 is 42.5. The van der Waals surface area contributed by atoms with Crippen molar-refractivity contribution in [3.05, 3.63) is 47.5 Å². The van der Waals surface area contributed by atoms with Crippen LogP contribution in [0.4, 0.5) is 0 Å². The van der Waals surface area contributed by atoms with Gasteiger partial charge in [0.25, 0.3) is 5.91 Å². The molecule has 2 aromatic carbocycles. The van der Waals surface area contributed by atoms with Crippen LogP contribution in [0.3, 0.4) is 0 Å². The molecule has 30 heavy (non-hydrogen) atoms. The molecule has 0 spiro atoms. The zero-order chi connectivity index (χ0) is 21.3. The van der Waals surface area contributed by atoms with Gasteiger partial charge in [0, 0.05) is 18.5 Å². The van der Waals surface area contributed by atoms with E-state index in [0.29, 0.717) is 23.7 Å². The number of rotatable bonds is 6. The Kier molecular flexibility index (Phi) is 7.02. The van der Waals surface area contributed by atoms with E-state index in [1.807, 2.05) is 19.1 Å². The normalized spacial score (nSPS) is 18.7. The quantitative estimate of drug-likeness (QED) is 0.688. The zero-order valence-corrected chi connectivity index (χ0v) is 17.9. The maximum Gasteiger partial charge on any atom is 0.254 e. The number of likely N-dealkylation sites (N-methyl/N-ethyl adjacent to an activating group) is 1. The van der Waals surface area contributed by atoms with Crippen LogP contribution in [0.25, 0.3) is 0 Å². The van der Waals surface area contributed by atoms with Gasteiger partial charge in [0.2, 0.25) is 5.75 Å². The SMILES string of the molecule is C.CCC1c2ccc(cc2)S(=O)(=O)C1N(C)C(=O)c1cc(OC)c(OC)c(OC)c1. The summed E-state index contributed by atoms with van der Waals surface area (Å²) in [4.78, 5) is 14.8. The van der Waals surface area contributed by atoms with Crippen LogP contribution < -0.4 is 14.2 Å². The molecule has 2 bridgehead atoms. The smallest absolute Gasteiger partial charge is 0.254 e. The van der Waals surface area contributed by atoms with Gasteiger partial charge in [0.05, 0.1) is 26.2 Å². The second-order valence-corrected chi connectivity index (χ2v) is 8.89. The third kappa shape index (κ3) is 3.71. The summed E-state index contributed by atoms with van der Waals surface area (Å²) in [6.07, 6.45) is 0.577. The molecule has 2 atom stereocenters. The highest BCUT2D eigenvalue weighted by atomic mass is 32.2. The number of carbonyl (C=O) groups excluding carboxylic acids is 1. The van der Waals surface area contributed by atoms with E-state index in [2.05, 4.69) is 0 Å². The number of hydrogen-bond donors (Lipinski definition) is 0.